The van der Waals surface area contributed by atoms with E-state index in [1.54, 1.807) is 0 Å². The van der Waals surface area contributed by atoms with Gasteiger partial charge in [0.2, 0.25) is 0 Å². The Morgan fingerprint density at radius 1 is 1.50 bits per heavy atom. The molecule has 0 saturated carbocycles. The average molecular weight is 278 g/mol. The summed E-state index contributed by atoms with van der Waals surface area (Å²) in [5, 5.41) is 17.7. The Hall–Kier alpha value is -0.620. The topological polar surface area (TPSA) is 57.5 Å². The Morgan fingerprint density at radius 3 is 2.67 bits per heavy atom. The van der Waals surface area contributed by atoms with Crippen LogP contribution in [-0.2, 0) is 0 Å². The van der Waals surface area contributed by atoms with Crippen LogP contribution in [-0.4, -0.2) is 22.6 Å². The molecular weight excluding hydrogens is 271 g/mol. The van der Waals surface area contributed by atoms with Crippen molar-refractivity contribution in [1.29, 1.82) is 0 Å². The summed E-state index contributed by atoms with van der Waals surface area (Å²) in [5.41, 5.74) is 0.416. The number of hydrogen-bond donors (Lipinski definition) is 2. The van der Waals surface area contributed by atoms with E-state index in [0.717, 1.165) is 0 Å². The molecule has 3 nitrogen and oxygen atoms in total. The number of aliphatic hydroxyl groups excluding tert-OH is 1. The normalized spacial score (nSPS) is 9.83. The minimum atomic E-state index is -0.499. The van der Waals surface area contributed by atoms with Gasteiger partial charge in [-0.2, -0.15) is 0 Å². The first-order valence-corrected chi connectivity index (χ1v) is 4.35. The molecule has 0 aromatic heterocycles. The van der Waals surface area contributed by atoms with E-state index >= 15 is 0 Å². The van der Waals surface area contributed by atoms with Gasteiger partial charge in [0.1, 0.15) is 12.4 Å². The number of halogens is 1. The third-order valence-corrected chi connectivity index (χ3v) is 2.28. The number of ketones is 1. The number of carbonyl (C=O) groups is 1. The van der Waals surface area contributed by atoms with E-state index in [9.17, 15) is 4.79 Å². The molecule has 2 N–H and O–H groups in total. The van der Waals surface area contributed by atoms with Crippen molar-refractivity contribution >= 4 is 28.4 Å². The monoisotopic (exact) mass is 278 g/mol. The molecule has 0 heterocycles. The minimum Gasteiger partial charge on any atom is -0.507 e. The van der Waals surface area contributed by atoms with Crippen LogP contribution in [0.3, 0.4) is 0 Å². The van der Waals surface area contributed by atoms with E-state index in [0.29, 0.717) is 9.13 Å². The number of rotatable bonds is 2. The summed E-state index contributed by atoms with van der Waals surface area (Å²) in [5.74, 6) is -0.196. The van der Waals surface area contributed by atoms with Crippen molar-refractivity contribution in [1.82, 2.24) is 0 Å². The molecule has 1 rings (SSSR count). The van der Waals surface area contributed by atoms with Gasteiger partial charge in [0.05, 0.1) is 3.57 Å². The number of aliphatic hydroxyl groups is 1. The van der Waals surface area contributed by atoms with Gasteiger partial charge < -0.3 is 10.2 Å². The van der Waals surface area contributed by atoms with Crippen molar-refractivity contribution in [3.8, 4) is 5.75 Å². The summed E-state index contributed by atoms with van der Waals surface area (Å²) in [4.78, 5) is 10.9. The largest absolute Gasteiger partial charge is 0.507 e. The fourth-order valence-corrected chi connectivity index (χ4v) is 1.29. The van der Waals surface area contributed by atoms with Gasteiger partial charge >= 0.3 is 0 Å². The van der Waals surface area contributed by atoms with Gasteiger partial charge in [-0.25, -0.2) is 0 Å². The SMILES string of the molecule is O=C(CO)c1ccc(O)c(I)c1. The maximum absolute atomic E-state index is 10.9. The Kier molecular flexibility index (Phi) is 3.05. The number of benzene rings is 1. The lowest BCUT2D eigenvalue weighted by atomic mass is 10.1. The molecule has 0 bridgehead atoms. The van der Waals surface area contributed by atoms with Crippen LogP contribution >= 0.6 is 22.6 Å². The fraction of sp³-hybridized carbons (Fsp3) is 0.125. The van der Waals surface area contributed by atoms with Crippen molar-refractivity contribution in [3.63, 3.8) is 0 Å². The van der Waals surface area contributed by atoms with Crippen LogP contribution in [0.25, 0.3) is 0 Å². The van der Waals surface area contributed by atoms with Gasteiger partial charge in [-0.15, -0.1) is 0 Å². The lowest BCUT2D eigenvalue weighted by Gasteiger charge is -1.99. The molecule has 0 aliphatic heterocycles. The summed E-state index contributed by atoms with van der Waals surface area (Å²) in [6.45, 7) is -0.499. The van der Waals surface area contributed by atoms with Crippen molar-refractivity contribution < 1.29 is 15.0 Å². The summed E-state index contributed by atoms with van der Waals surface area (Å²) in [6, 6.07) is 4.45. The Labute approximate surface area is 83.2 Å². The molecule has 0 atom stereocenters. The van der Waals surface area contributed by atoms with Crippen LogP contribution in [0, 0.1) is 3.57 Å². The molecule has 0 amide bonds. The molecule has 1 aromatic rings. The minimum absolute atomic E-state index is 0.144. The van der Waals surface area contributed by atoms with Crippen molar-refractivity contribution in [3.05, 3.63) is 27.3 Å². The molecule has 0 radical (unpaired) electrons. The average Bonchev–Trinajstić information content (AvgIpc) is 2.08. The maximum atomic E-state index is 10.9. The summed E-state index contributed by atoms with van der Waals surface area (Å²) < 4.78 is 0.604. The highest BCUT2D eigenvalue weighted by molar-refractivity contribution is 14.1. The number of phenols is 1. The molecule has 4 heteroatoms. The number of carbonyl (C=O) groups excluding carboxylic acids is 1. The molecule has 0 aliphatic rings. The van der Waals surface area contributed by atoms with Crippen LogP contribution in [0.15, 0.2) is 18.2 Å². The van der Waals surface area contributed by atoms with E-state index < -0.39 is 6.61 Å². The number of Topliss-reactive ketones (excluding diaryl/α,β-unsaturated/α-hetero) is 1. The summed E-state index contributed by atoms with van der Waals surface area (Å²) in [7, 11) is 0. The Bertz CT molecular complexity index is 309. The lowest BCUT2D eigenvalue weighted by molar-refractivity contribution is 0.0903. The second-order valence-corrected chi connectivity index (χ2v) is 3.41. The molecule has 0 fully saturated rings. The van der Waals surface area contributed by atoms with Gasteiger partial charge in [-0.1, -0.05) is 0 Å². The molecule has 1 aromatic carbocycles. The van der Waals surface area contributed by atoms with E-state index in [4.69, 9.17) is 10.2 Å². The Balaban J connectivity index is 3.05. The first-order chi connectivity index (χ1) is 5.65. The van der Waals surface area contributed by atoms with Crippen LogP contribution in [0.5, 0.6) is 5.75 Å². The molecule has 64 valence electrons. The molecule has 0 spiro atoms. The molecule has 0 saturated heterocycles. The number of phenolic OH excluding ortho intramolecular Hbond substituents is 1. The zero-order chi connectivity index (χ0) is 9.14. The van der Waals surface area contributed by atoms with Crippen LogP contribution in [0.2, 0.25) is 0 Å². The third-order valence-electron chi connectivity index (χ3n) is 1.41. The van der Waals surface area contributed by atoms with Gasteiger partial charge in [-0.3, -0.25) is 4.79 Å². The second kappa shape index (κ2) is 3.86. The van der Waals surface area contributed by atoms with Crippen LogP contribution in [0.1, 0.15) is 10.4 Å². The first kappa shape index (κ1) is 9.47. The number of aromatic hydroxyl groups is 1. The van der Waals surface area contributed by atoms with E-state index in [-0.39, 0.29) is 11.5 Å². The van der Waals surface area contributed by atoms with Crippen LogP contribution < -0.4 is 0 Å². The van der Waals surface area contributed by atoms with E-state index in [1.165, 1.54) is 18.2 Å². The zero-order valence-corrected chi connectivity index (χ0v) is 8.28. The highest BCUT2D eigenvalue weighted by Gasteiger charge is 2.05. The number of hydrogen-bond acceptors (Lipinski definition) is 3. The van der Waals surface area contributed by atoms with Crippen molar-refractivity contribution in [2.75, 3.05) is 6.61 Å². The van der Waals surface area contributed by atoms with Gasteiger partial charge in [-0.05, 0) is 40.8 Å². The highest BCUT2D eigenvalue weighted by Crippen LogP contribution is 2.20. The van der Waals surface area contributed by atoms with Gasteiger partial charge in [0, 0.05) is 5.56 Å². The van der Waals surface area contributed by atoms with E-state index in [1.807, 2.05) is 22.6 Å². The first-order valence-electron chi connectivity index (χ1n) is 3.27. The third kappa shape index (κ3) is 1.95. The predicted octanol–water partition coefficient (Wildman–Crippen LogP) is 1.17. The second-order valence-electron chi connectivity index (χ2n) is 2.25. The quantitative estimate of drug-likeness (QED) is 0.630. The predicted molar refractivity (Wildman–Crippen MR) is 52.2 cm³/mol. The lowest BCUT2D eigenvalue weighted by Crippen LogP contribution is -2.03. The molecule has 0 unspecified atom stereocenters. The zero-order valence-electron chi connectivity index (χ0n) is 6.12. The summed E-state index contributed by atoms with van der Waals surface area (Å²) in [6.07, 6.45) is 0. The van der Waals surface area contributed by atoms with Gasteiger partial charge in [0.25, 0.3) is 0 Å². The smallest absolute Gasteiger partial charge is 0.188 e. The van der Waals surface area contributed by atoms with Crippen molar-refractivity contribution in [2.45, 2.75) is 0 Å². The maximum Gasteiger partial charge on any atom is 0.188 e. The van der Waals surface area contributed by atoms with Crippen LogP contribution in [0.4, 0.5) is 0 Å². The van der Waals surface area contributed by atoms with Crippen molar-refractivity contribution in [2.24, 2.45) is 0 Å². The van der Waals surface area contributed by atoms with E-state index in [2.05, 4.69) is 0 Å². The standard InChI is InChI=1S/C8H7IO3/c9-6-3-5(8(12)4-10)1-2-7(6)11/h1-3,10-11H,4H2. The molecular formula is C8H7IO3. The fourth-order valence-electron chi connectivity index (χ4n) is 0.772. The Morgan fingerprint density at radius 2 is 2.17 bits per heavy atom. The summed E-state index contributed by atoms with van der Waals surface area (Å²) >= 11 is 1.92. The highest BCUT2D eigenvalue weighted by atomic mass is 127. The molecule has 0 aliphatic carbocycles. The molecule has 12 heavy (non-hydrogen) atoms. The van der Waals surface area contributed by atoms with Gasteiger partial charge in [0.15, 0.2) is 5.78 Å².